The zero-order valence-electron chi connectivity index (χ0n) is 24.1. The van der Waals surface area contributed by atoms with Gasteiger partial charge in [0.2, 0.25) is 0 Å². The Morgan fingerprint density at radius 1 is 0.471 bits per heavy atom. The van der Waals surface area contributed by atoms with Gasteiger partial charge in [-0.15, -0.1) is 0 Å². The molecule has 0 aliphatic heterocycles. The molecular formula is C31H64NO2+. The van der Waals surface area contributed by atoms with Crippen LogP contribution in [0, 0.1) is 0 Å². The van der Waals surface area contributed by atoms with Gasteiger partial charge in [0.15, 0.2) is 0 Å². The maximum Gasteiger partial charge on any atom is 0.305 e. The summed E-state index contributed by atoms with van der Waals surface area (Å²) in [6, 6.07) is 0. The monoisotopic (exact) mass is 482 g/mol. The standard InChI is InChI=1S/C31H64NO2/c1-5-8-11-14-17-22-27-32(28-23-18-15-12-9-6-2,29-24-19-16-13-10-7-3)30-25-20-21-26-31(33)34-4/h5-30H2,1-4H3/q+1. The molecule has 0 aromatic carbocycles. The Labute approximate surface area is 215 Å². The van der Waals surface area contributed by atoms with Crippen LogP contribution in [0.15, 0.2) is 0 Å². The summed E-state index contributed by atoms with van der Waals surface area (Å²) in [5.74, 6) is -0.0491. The van der Waals surface area contributed by atoms with Gasteiger partial charge in [0.05, 0.1) is 33.3 Å². The van der Waals surface area contributed by atoms with Crippen molar-refractivity contribution < 1.29 is 14.0 Å². The van der Waals surface area contributed by atoms with Crippen molar-refractivity contribution in [1.82, 2.24) is 0 Å². The number of esters is 1. The van der Waals surface area contributed by atoms with E-state index in [9.17, 15) is 4.79 Å². The summed E-state index contributed by atoms with van der Waals surface area (Å²) in [6.07, 6.45) is 29.1. The van der Waals surface area contributed by atoms with E-state index in [0.29, 0.717) is 6.42 Å². The number of nitrogens with zero attached hydrogens (tertiary/aromatic N) is 1. The maximum atomic E-state index is 11.5. The number of unbranched alkanes of at least 4 members (excludes halogenated alkanes) is 17. The molecule has 0 amide bonds. The van der Waals surface area contributed by atoms with Crippen LogP contribution in [0.5, 0.6) is 0 Å². The van der Waals surface area contributed by atoms with Crippen molar-refractivity contribution in [2.24, 2.45) is 0 Å². The van der Waals surface area contributed by atoms with E-state index in [4.69, 9.17) is 4.74 Å². The number of carbonyl (C=O) groups is 1. The van der Waals surface area contributed by atoms with Gasteiger partial charge in [-0.3, -0.25) is 4.79 Å². The van der Waals surface area contributed by atoms with Crippen molar-refractivity contribution in [2.45, 2.75) is 162 Å². The Hall–Kier alpha value is -0.570. The molecule has 34 heavy (non-hydrogen) atoms. The Balaban J connectivity index is 4.82. The van der Waals surface area contributed by atoms with Crippen LogP contribution in [0.3, 0.4) is 0 Å². The van der Waals surface area contributed by atoms with Crippen molar-refractivity contribution in [2.75, 3.05) is 33.3 Å². The number of quaternary nitrogens is 1. The molecule has 0 fully saturated rings. The highest BCUT2D eigenvalue weighted by Crippen LogP contribution is 2.20. The van der Waals surface area contributed by atoms with Crippen LogP contribution < -0.4 is 0 Å². The van der Waals surface area contributed by atoms with Gasteiger partial charge < -0.3 is 9.22 Å². The lowest BCUT2D eigenvalue weighted by atomic mass is 10.0. The van der Waals surface area contributed by atoms with Gasteiger partial charge in [0.25, 0.3) is 0 Å². The van der Waals surface area contributed by atoms with Crippen molar-refractivity contribution in [3.8, 4) is 0 Å². The Bertz CT molecular complexity index is 383. The fraction of sp³-hybridized carbons (Fsp3) is 0.968. The van der Waals surface area contributed by atoms with Gasteiger partial charge in [-0.05, 0) is 57.8 Å². The highest BCUT2D eigenvalue weighted by molar-refractivity contribution is 5.68. The average molecular weight is 483 g/mol. The van der Waals surface area contributed by atoms with E-state index in [0.717, 1.165) is 6.42 Å². The summed E-state index contributed by atoms with van der Waals surface area (Å²) in [6.45, 7) is 12.4. The van der Waals surface area contributed by atoms with Crippen LogP contribution in [-0.4, -0.2) is 43.7 Å². The highest BCUT2D eigenvalue weighted by atomic mass is 16.5. The van der Waals surface area contributed by atoms with Crippen molar-refractivity contribution in [1.29, 1.82) is 0 Å². The molecule has 0 aromatic heterocycles. The lowest BCUT2D eigenvalue weighted by molar-refractivity contribution is -0.929. The van der Waals surface area contributed by atoms with Gasteiger partial charge in [-0.25, -0.2) is 0 Å². The first-order valence-corrected chi connectivity index (χ1v) is 15.6. The van der Waals surface area contributed by atoms with Crippen LogP contribution in [0.2, 0.25) is 0 Å². The maximum absolute atomic E-state index is 11.5. The number of carbonyl (C=O) groups excluding carboxylic acids is 1. The Morgan fingerprint density at radius 3 is 1.09 bits per heavy atom. The molecule has 0 bridgehead atoms. The molecule has 0 unspecified atom stereocenters. The summed E-state index contributed by atoms with van der Waals surface area (Å²) in [5, 5.41) is 0. The first-order valence-electron chi connectivity index (χ1n) is 15.6. The zero-order chi connectivity index (χ0) is 25.2. The van der Waals surface area contributed by atoms with Gasteiger partial charge >= 0.3 is 5.97 Å². The van der Waals surface area contributed by atoms with Gasteiger partial charge in [0.1, 0.15) is 0 Å². The van der Waals surface area contributed by atoms with E-state index in [2.05, 4.69) is 20.8 Å². The number of hydrogen-bond donors (Lipinski definition) is 0. The third kappa shape index (κ3) is 20.8. The van der Waals surface area contributed by atoms with Crippen molar-refractivity contribution >= 4 is 5.97 Å². The number of methoxy groups -OCH3 is 1. The van der Waals surface area contributed by atoms with Gasteiger partial charge in [-0.2, -0.15) is 0 Å². The lowest BCUT2D eigenvalue weighted by Crippen LogP contribution is -2.50. The van der Waals surface area contributed by atoms with Crippen LogP contribution >= 0.6 is 0 Å². The fourth-order valence-electron chi connectivity index (χ4n) is 5.35. The van der Waals surface area contributed by atoms with Crippen LogP contribution in [0.1, 0.15) is 162 Å². The van der Waals surface area contributed by atoms with Crippen LogP contribution in [-0.2, 0) is 9.53 Å². The summed E-state index contributed by atoms with van der Waals surface area (Å²) in [5.41, 5.74) is 0. The van der Waals surface area contributed by atoms with Gasteiger partial charge in [-0.1, -0.05) is 97.8 Å². The molecular weight excluding hydrogens is 418 g/mol. The molecule has 0 N–H and O–H groups in total. The molecule has 0 spiro atoms. The number of rotatable bonds is 27. The molecule has 0 heterocycles. The van der Waals surface area contributed by atoms with Gasteiger partial charge in [0, 0.05) is 6.42 Å². The minimum absolute atomic E-state index is 0.0491. The highest BCUT2D eigenvalue weighted by Gasteiger charge is 2.25. The summed E-state index contributed by atoms with van der Waals surface area (Å²) in [7, 11) is 1.51. The first-order chi connectivity index (χ1) is 16.6. The molecule has 3 heteroatoms. The third-order valence-electron chi connectivity index (χ3n) is 7.70. The minimum atomic E-state index is -0.0491. The van der Waals surface area contributed by atoms with E-state index < -0.39 is 0 Å². The van der Waals surface area contributed by atoms with Crippen molar-refractivity contribution in [3.05, 3.63) is 0 Å². The fourth-order valence-corrected chi connectivity index (χ4v) is 5.35. The second-order valence-corrected chi connectivity index (χ2v) is 10.9. The molecule has 0 radical (unpaired) electrons. The first kappa shape index (κ1) is 33.4. The smallest absolute Gasteiger partial charge is 0.305 e. The minimum Gasteiger partial charge on any atom is -0.469 e. The van der Waals surface area contributed by atoms with E-state index in [1.54, 1.807) is 0 Å². The largest absolute Gasteiger partial charge is 0.469 e. The molecule has 0 aliphatic carbocycles. The molecule has 0 atom stereocenters. The number of ether oxygens (including phenoxy) is 1. The third-order valence-corrected chi connectivity index (χ3v) is 7.70. The Kier molecular flexibility index (Phi) is 25.1. The van der Waals surface area contributed by atoms with E-state index in [-0.39, 0.29) is 5.97 Å². The molecule has 204 valence electrons. The normalized spacial score (nSPS) is 11.8. The number of hydrogen-bond acceptors (Lipinski definition) is 2. The average Bonchev–Trinajstić information content (AvgIpc) is 2.85. The predicted octanol–water partition coefficient (Wildman–Crippen LogP) is 9.62. The van der Waals surface area contributed by atoms with Crippen molar-refractivity contribution in [3.63, 3.8) is 0 Å². The van der Waals surface area contributed by atoms with Crippen LogP contribution in [0.25, 0.3) is 0 Å². The quantitative estimate of drug-likeness (QED) is 0.0661. The summed E-state index contributed by atoms with van der Waals surface area (Å²) in [4.78, 5) is 11.5. The van der Waals surface area contributed by atoms with Crippen LogP contribution in [0.4, 0.5) is 0 Å². The lowest BCUT2D eigenvalue weighted by Gasteiger charge is -2.39. The molecule has 0 saturated heterocycles. The Morgan fingerprint density at radius 2 is 0.765 bits per heavy atom. The molecule has 3 nitrogen and oxygen atoms in total. The molecule has 0 aliphatic rings. The molecule has 0 saturated carbocycles. The predicted molar refractivity (Wildman–Crippen MR) is 150 cm³/mol. The molecule has 0 aromatic rings. The van der Waals surface area contributed by atoms with E-state index in [1.165, 1.54) is 166 Å². The van der Waals surface area contributed by atoms with E-state index >= 15 is 0 Å². The topological polar surface area (TPSA) is 26.3 Å². The van der Waals surface area contributed by atoms with E-state index in [1.807, 2.05) is 0 Å². The second kappa shape index (κ2) is 25.5. The molecule has 0 rings (SSSR count). The summed E-state index contributed by atoms with van der Waals surface area (Å²) < 4.78 is 6.19. The summed E-state index contributed by atoms with van der Waals surface area (Å²) >= 11 is 0. The second-order valence-electron chi connectivity index (χ2n) is 10.9. The SMILES string of the molecule is CCCCCCCC[N+](CCCCCCCC)(CCCCCCCC)CCCCCC(=O)OC. The zero-order valence-corrected chi connectivity index (χ0v) is 24.1.